The van der Waals surface area contributed by atoms with Crippen LogP contribution in [0.4, 0.5) is 35.5 Å². The van der Waals surface area contributed by atoms with Crippen molar-refractivity contribution in [2.75, 3.05) is 19.6 Å². The fourth-order valence-electron chi connectivity index (χ4n) is 4.93. The monoisotopic (exact) mass is 581 g/mol. The number of nitrogens with zero attached hydrogens (tertiary/aromatic N) is 4. The first-order valence-electron chi connectivity index (χ1n) is 12.3. The standard InChI is InChI=1S/C24H26F7N5O4/c25-15-2-1-12(7-16(15)26)21-33-17-10-35(6-4-14(17)20(34-21)24(29,30)31)19(38)8-13(32-22(39)40)9-36-11-23(27,28)5-3-18(36)37/h1-2,7,13,18-19,32,37-38H,3-6,8-11H2,(H,39,40)/t13-,18?,19?/m0/s1. The van der Waals surface area contributed by atoms with E-state index in [0.717, 1.165) is 17.0 Å². The average molecular weight is 581 g/mol. The van der Waals surface area contributed by atoms with Gasteiger partial charge in [0.25, 0.3) is 5.92 Å². The summed E-state index contributed by atoms with van der Waals surface area (Å²) >= 11 is 0. The van der Waals surface area contributed by atoms with Crippen LogP contribution in [0.25, 0.3) is 11.4 Å². The topological polar surface area (TPSA) is 122 Å². The number of halogens is 7. The summed E-state index contributed by atoms with van der Waals surface area (Å²) in [6, 6.07) is 1.29. The van der Waals surface area contributed by atoms with Gasteiger partial charge in [0.1, 0.15) is 12.5 Å². The first-order valence-corrected chi connectivity index (χ1v) is 12.3. The summed E-state index contributed by atoms with van der Waals surface area (Å²) in [5.74, 6) is -6.12. The highest BCUT2D eigenvalue weighted by Crippen LogP contribution is 2.36. The Hall–Kier alpha value is -3.08. The predicted molar refractivity (Wildman–Crippen MR) is 124 cm³/mol. The number of hydrogen-bond donors (Lipinski definition) is 4. The van der Waals surface area contributed by atoms with E-state index in [0.29, 0.717) is 6.07 Å². The number of aliphatic hydroxyl groups excluding tert-OH is 2. The third kappa shape index (κ3) is 6.97. The van der Waals surface area contributed by atoms with Gasteiger partial charge in [-0.3, -0.25) is 9.80 Å². The number of amides is 1. The Morgan fingerprint density at radius 3 is 2.58 bits per heavy atom. The lowest BCUT2D eigenvalue weighted by molar-refractivity contribution is -0.142. The predicted octanol–water partition coefficient (Wildman–Crippen LogP) is 3.19. The van der Waals surface area contributed by atoms with Crippen LogP contribution in [-0.4, -0.2) is 85.2 Å². The Labute approximate surface area is 223 Å². The molecule has 0 spiro atoms. The summed E-state index contributed by atoms with van der Waals surface area (Å²) in [6.45, 7) is -1.60. The first-order chi connectivity index (χ1) is 18.6. The summed E-state index contributed by atoms with van der Waals surface area (Å²) in [4.78, 5) is 21.3. The molecule has 1 fully saturated rings. The number of aromatic nitrogens is 2. The minimum atomic E-state index is -4.89. The zero-order valence-corrected chi connectivity index (χ0v) is 20.8. The van der Waals surface area contributed by atoms with Crippen molar-refractivity contribution in [3.63, 3.8) is 0 Å². The van der Waals surface area contributed by atoms with Crippen molar-refractivity contribution in [2.24, 2.45) is 0 Å². The number of rotatable bonds is 7. The molecule has 2 aliphatic rings. The molecule has 0 aliphatic carbocycles. The number of alkyl halides is 5. The van der Waals surface area contributed by atoms with Crippen LogP contribution in [0.15, 0.2) is 18.2 Å². The highest BCUT2D eigenvalue weighted by atomic mass is 19.4. The summed E-state index contributed by atoms with van der Waals surface area (Å²) in [5, 5.41) is 32.3. The highest BCUT2D eigenvalue weighted by molar-refractivity contribution is 5.64. The van der Waals surface area contributed by atoms with E-state index in [1.54, 1.807) is 0 Å². The third-order valence-electron chi connectivity index (χ3n) is 6.86. The van der Waals surface area contributed by atoms with Crippen molar-refractivity contribution in [1.82, 2.24) is 25.1 Å². The number of aliphatic hydroxyl groups is 2. The number of fused-ring (bicyclic) bond motifs is 1. The number of piperidine rings is 1. The van der Waals surface area contributed by atoms with Gasteiger partial charge in [-0.2, -0.15) is 13.2 Å². The second-order valence-corrected chi connectivity index (χ2v) is 9.84. The highest BCUT2D eigenvalue weighted by Gasteiger charge is 2.42. The van der Waals surface area contributed by atoms with Crippen LogP contribution in [0.2, 0.25) is 0 Å². The first kappa shape index (κ1) is 29.9. The van der Waals surface area contributed by atoms with Gasteiger partial charge in [0, 0.05) is 49.6 Å². The van der Waals surface area contributed by atoms with E-state index in [1.165, 1.54) is 4.90 Å². The summed E-state index contributed by atoms with van der Waals surface area (Å²) in [6.07, 6.45) is -10.4. The van der Waals surface area contributed by atoms with Gasteiger partial charge < -0.3 is 20.6 Å². The minimum Gasteiger partial charge on any atom is -0.465 e. The number of nitrogens with one attached hydrogen (secondary N) is 1. The molecule has 1 saturated heterocycles. The van der Waals surface area contributed by atoms with E-state index in [2.05, 4.69) is 15.3 Å². The number of carbonyl (C=O) groups is 1. The van der Waals surface area contributed by atoms with Crippen molar-refractivity contribution >= 4 is 6.09 Å². The summed E-state index contributed by atoms with van der Waals surface area (Å²) < 4.78 is 96.4. The molecule has 0 bridgehead atoms. The largest absolute Gasteiger partial charge is 0.465 e. The molecule has 2 aromatic rings. The van der Waals surface area contributed by atoms with Gasteiger partial charge in [-0.15, -0.1) is 0 Å². The van der Waals surface area contributed by atoms with Crippen LogP contribution in [0.1, 0.15) is 36.2 Å². The molecule has 2 aliphatic heterocycles. The molecule has 9 nitrogen and oxygen atoms in total. The van der Waals surface area contributed by atoms with Crippen molar-refractivity contribution in [3.8, 4) is 11.4 Å². The lowest BCUT2D eigenvalue weighted by atomic mass is 10.00. The van der Waals surface area contributed by atoms with Crippen LogP contribution in [0.5, 0.6) is 0 Å². The molecule has 16 heteroatoms. The van der Waals surface area contributed by atoms with E-state index in [1.807, 2.05) is 0 Å². The van der Waals surface area contributed by atoms with Crippen LogP contribution in [0.3, 0.4) is 0 Å². The van der Waals surface area contributed by atoms with Gasteiger partial charge in [-0.05, 0) is 31.0 Å². The second-order valence-electron chi connectivity index (χ2n) is 9.84. The van der Waals surface area contributed by atoms with E-state index >= 15 is 0 Å². The number of hydrogen-bond acceptors (Lipinski definition) is 7. The van der Waals surface area contributed by atoms with Gasteiger partial charge in [-0.1, -0.05) is 0 Å². The lowest BCUT2D eigenvalue weighted by Crippen LogP contribution is -2.55. The van der Waals surface area contributed by atoms with Crippen molar-refractivity contribution < 1.29 is 50.8 Å². The molecule has 1 aromatic carbocycles. The number of carboxylic acid groups (broad SMARTS) is 1. The van der Waals surface area contributed by atoms with Gasteiger partial charge in [0.2, 0.25) is 0 Å². The van der Waals surface area contributed by atoms with Crippen molar-refractivity contribution in [3.05, 3.63) is 46.8 Å². The Morgan fingerprint density at radius 1 is 1.20 bits per heavy atom. The molecule has 2 unspecified atom stereocenters. The Balaban J connectivity index is 1.56. The molecule has 1 amide bonds. The zero-order valence-electron chi connectivity index (χ0n) is 20.8. The Bertz CT molecular complexity index is 1250. The van der Waals surface area contributed by atoms with Gasteiger partial charge in [0.05, 0.1) is 12.2 Å². The number of benzene rings is 1. The van der Waals surface area contributed by atoms with Crippen LogP contribution in [-0.2, 0) is 19.1 Å². The molecule has 0 radical (unpaired) electrons. The third-order valence-corrected chi connectivity index (χ3v) is 6.86. The van der Waals surface area contributed by atoms with E-state index in [9.17, 15) is 50.8 Å². The molecule has 0 saturated carbocycles. The summed E-state index contributed by atoms with van der Waals surface area (Å²) in [5.41, 5.74) is -1.81. The fraction of sp³-hybridized carbons (Fsp3) is 0.542. The van der Waals surface area contributed by atoms with Gasteiger partial charge in [0.15, 0.2) is 23.2 Å². The van der Waals surface area contributed by atoms with Gasteiger partial charge in [-0.25, -0.2) is 32.3 Å². The quantitative estimate of drug-likeness (QED) is 0.368. The molecular formula is C24H26F7N5O4. The minimum absolute atomic E-state index is 0.102. The van der Waals surface area contributed by atoms with E-state index in [-0.39, 0.29) is 55.7 Å². The summed E-state index contributed by atoms with van der Waals surface area (Å²) in [7, 11) is 0. The van der Waals surface area contributed by atoms with Crippen LogP contribution < -0.4 is 5.32 Å². The lowest BCUT2D eigenvalue weighted by Gasteiger charge is -2.39. The smallest absolute Gasteiger partial charge is 0.433 e. The van der Waals surface area contributed by atoms with Crippen molar-refractivity contribution in [2.45, 2.75) is 62.8 Å². The molecule has 3 atom stereocenters. The van der Waals surface area contributed by atoms with Crippen LogP contribution >= 0.6 is 0 Å². The average Bonchev–Trinajstić information content (AvgIpc) is 2.85. The van der Waals surface area contributed by atoms with Crippen LogP contribution in [0, 0.1) is 11.6 Å². The fourth-order valence-corrected chi connectivity index (χ4v) is 4.93. The van der Waals surface area contributed by atoms with E-state index in [4.69, 9.17) is 0 Å². The molecule has 220 valence electrons. The van der Waals surface area contributed by atoms with E-state index < -0.39 is 72.8 Å². The molecular weight excluding hydrogens is 555 g/mol. The second kappa shape index (κ2) is 11.4. The zero-order chi connectivity index (χ0) is 29.4. The van der Waals surface area contributed by atoms with Crippen molar-refractivity contribution in [1.29, 1.82) is 0 Å². The maximum absolute atomic E-state index is 13.9. The molecule has 1 aromatic heterocycles. The molecule has 3 heterocycles. The molecule has 4 N–H and O–H groups in total. The number of likely N-dealkylation sites (tertiary alicyclic amines) is 1. The molecule has 4 rings (SSSR count). The Morgan fingerprint density at radius 2 is 1.93 bits per heavy atom. The molecule has 40 heavy (non-hydrogen) atoms. The normalized spacial score (nSPS) is 21.5. The SMILES string of the molecule is O=C(O)N[C@@H](CC(O)N1CCc2c(nc(-c3ccc(F)c(F)c3)nc2C(F)(F)F)C1)CN1CC(F)(F)CCC1O. The maximum Gasteiger partial charge on any atom is 0.433 e. The Kier molecular flexibility index (Phi) is 8.54. The van der Waals surface area contributed by atoms with Gasteiger partial charge >= 0.3 is 12.3 Å². The maximum atomic E-state index is 13.9.